The number of piperidine rings is 1. The van der Waals surface area contributed by atoms with Gasteiger partial charge in [-0.05, 0) is 44.1 Å². The van der Waals surface area contributed by atoms with E-state index in [1.807, 2.05) is 19.2 Å². The minimum atomic E-state index is 0.145. The summed E-state index contributed by atoms with van der Waals surface area (Å²) in [6.45, 7) is 7.46. The molecule has 5 nitrogen and oxygen atoms in total. The lowest BCUT2D eigenvalue weighted by Crippen LogP contribution is -2.55. The van der Waals surface area contributed by atoms with Crippen molar-refractivity contribution >= 4 is 29.1 Å². The molecule has 2 aliphatic rings. The minimum Gasteiger partial charge on any atom is -0.340 e. The molecule has 1 atom stereocenters. The molecule has 1 aromatic rings. The Morgan fingerprint density at radius 3 is 2.56 bits per heavy atom. The zero-order chi connectivity index (χ0) is 19.4. The summed E-state index contributed by atoms with van der Waals surface area (Å²) in [6.07, 6.45) is 2.59. The van der Waals surface area contributed by atoms with Gasteiger partial charge in [-0.1, -0.05) is 29.3 Å². The van der Waals surface area contributed by atoms with Crippen LogP contribution in [0.2, 0.25) is 10.0 Å². The van der Waals surface area contributed by atoms with Crippen LogP contribution >= 0.6 is 23.2 Å². The molecule has 2 fully saturated rings. The number of halogens is 2. The van der Waals surface area contributed by atoms with Gasteiger partial charge >= 0.3 is 0 Å². The van der Waals surface area contributed by atoms with E-state index in [1.54, 1.807) is 11.0 Å². The van der Waals surface area contributed by atoms with Crippen LogP contribution in [0.1, 0.15) is 18.4 Å². The van der Waals surface area contributed by atoms with Gasteiger partial charge in [-0.25, -0.2) is 0 Å². The molecule has 0 spiro atoms. The maximum Gasteiger partial charge on any atom is 0.236 e. The van der Waals surface area contributed by atoms with Gasteiger partial charge in [0.2, 0.25) is 5.91 Å². The number of piperazine rings is 1. The number of rotatable bonds is 5. The first-order valence-electron chi connectivity index (χ1n) is 9.75. The standard InChI is InChI=1S/C20H30Cl2N4O/c1-23-7-3-4-17(14-23)26-10-8-25(9-11-26)15-20(27)24(2)13-16-5-6-18(21)19(22)12-16/h5-6,12,17H,3-4,7-11,13-15H2,1-2H3. The normalized spacial score (nSPS) is 22.7. The van der Waals surface area contributed by atoms with Gasteiger partial charge in [0.1, 0.15) is 0 Å². The van der Waals surface area contributed by atoms with Gasteiger partial charge in [-0.15, -0.1) is 0 Å². The van der Waals surface area contributed by atoms with Crippen molar-refractivity contribution in [1.29, 1.82) is 0 Å². The van der Waals surface area contributed by atoms with Crippen molar-refractivity contribution in [3.05, 3.63) is 33.8 Å². The largest absolute Gasteiger partial charge is 0.340 e. The first-order valence-corrected chi connectivity index (χ1v) is 10.5. The molecule has 0 aliphatic carbocycles. The number of likely N-dealkylation sites (tertiary alicyclic amines) is 1. The topological polar surface area (TPSA) is 30.0 Å². The smallest absolute Gasteiger partial charge is 0.236 e. The molecule has 2 heterocycles. The Morgan fingerprint density at radius 2 is 1.89 bits per heavy atom. The Hall–Kier alpha value is -0.850. The van der Waals surface area contributed by atoms with Crippen molar-refractivity contribution in [3.8, 4) is 0 Å². The molecule has 0 saturated carbocycles. The molecule has 1 aromatic carbocycles. The van der Waals surface area contributed by atoms with Gasteiger partial charge in [-0.3, -0.25) is 14.6 Å². The summed E-state index contributed by atoms with van der Waals surface area (Å²) in [5, 5.41) is 1.07. The van der Waals surface area contributed by atoms with Crippen LogP contribution in [0.3, 0.4) is 0 Å². The quantitative estimate of drug-likeness (QED) is 0.743. The van der Waals surface area contributed by atoms with Crippen LogP contribution in [-0.2, 0) is 11.3 Å². The summed E-state index contributed by atoms with van der Waals surface area (Å²) in [7, 11) is 4.06. The number of nitrogens with zero attached hydrogens (tertiary/aromatic N) is 4. The van der Waals surface area contributed by atoms with Crippen molar-refractivity contribution in [2.45, 2.75) is 25.4 Å². The fourth-order valence-electron chi connectivity index (χ4n) is 4.04. The second-order valence-corrected chi connectivity index (χ2v) is 8.68. The Kier molecular flexibility index (Phi) is 7.40. The molecular weight excluding hydrogens is 383 g/mol. The van der Waals surface area contributed by atoms with E-state index < -0.39 is 0 Å². The molecule has 0 bridgehead atoms. The van der Waals surface area contributed by atoms with Crippen LogP contribution in [0.4, 0.5) is 0 Å². The number of carbonyl (C=O) groups excluding carboxylic acids is 1. The molecule has 2 saturated heterocycles. The number of hydrogen-bond acceptors (Lipinski definition) is 4. The number of amides is 1. The minimum absolute atomic E-state index is 0.145. The van der Waals surface area contributed by atoms with Crippen molar-refractivity contribution in [3.63, 3.8) is 0 Å². The van der Waals surface area contributed by atoms with Crippen LogP contribution in [-0.4, -0.2) is 91.5 Å². The Morgan fingerprint density at radius 1 is 1.15 bits per heavy atom. The molecular formula is C20H30Cl2N4O. The molecule has 7 heteroatoms. The monoisotopic (exact) mass is 412 g/mol. The van der Waals surface area contributed by atoms with E-state index in [1.165, 1.54) is 25.9 Å². The molecule has 1 amide bonds. The third kappa shape index (κ3) is 5.81. The first-order chi connectivity index (χ1) is 12.9. The van der Waals surface area contributed by atoms with Gasteiger partial charge in [0.05, 0.1) is 16.6 Å². The van der Waals surface area contributed by atoms with E-state index in [2.05, 4.69) is 21.7 Å². The Labute approximate surface area is 172 Å². The third-order valence-electron chi connectivity index (χ3n) is 5.71. The number of benzene rings is 1. The van der Waals surface area contributed by atoms with Crippen molar-refractivity contribution in [1.82, 2.24) is 19.6 Å². The van der Waals surface area contributed by atoms with Crippen LogP contribution in [0.15, 0.2) is 18.2 Å². The van der Waals surface area contributed by atoms with Crippen molar-refractivity contribution < 1.29 is 4.79 Å². The number of likely N-dealkylation sites (N-methyl/N-ethyl adjacent to an activating group) is 2. The van der Waals surface area contributed by atoms with Gasteiger partial charge in [0, 0.05) is 52.4 Å². The fourth-order valence-corrected chi connectivity index (χ4v) is 4.36. The second kappa shape index (κ2) is 9.57. The van der Waals surface area contributed by atoms with Crippen LogP contribution in [0.25, 0.3) is 0 Å². The van der Waals surface area contributed by atoms with E-state index in [0.717, 1.165) is 31.7 Å². The van der Waals surface area contributed by atoms with Gasteiger partial charge in [-0.2, -0.15) is 0 Å². The maximum atomic E-state index is 12.6. The predicted molar refractivity (Wildman–Crippen MR) is 111 cm³/mol. The maximum absolute atomic E-state index is 12.6. The summed E-state index contributed by atoms with van der Waals surface area (Å²) in [6, 6.07) is 6.20. The molecule has 1 unspecified atom stereocenters. The Balaban J connectivity index is 1.43. The van der Waals surface area contributed by atoms with Gasteiger partial charge in [0.15, 0.2) is 0 Å². The lowest BCUT2D eigenvalue weighted by Gasteiger charge is -2.42. The molecule has 0 N–H and O–H groups in total. The highest BCUT2D eigenvalue weighted by molar-refractivity contribution is 6.42. The van der Waals surface area contributed by atoms with E-state index in [9.17, 15) is 4.79 Å². The SMILES string of the molecule is CN1CCCC(N2CCN(CC(=O)N(C)Cc3ccc(Cl)c(Cl)c3)CC2)C1. The first kappa shape index (κ1) is 20.9. The highest BCUT2D eigenvalue weighted by Gasteiger charge is 2.27. The van der Waals surface area contributed by atoms with Gasteiger partial charge < -0.3 is 9.80 Å². The number of carbonyl (C=O) groups is 1. The average molecular weight is 413 g/mol. The highest BCUT2D eigenvalue weighted by Crippen LogP contribution is 2.23. The van der Waals surface area contributed by atoms with Gasteiger partial charge in [0.25, 0.3) is 0 Å². The zero-order valence-corrected chi connectivity index (χ0v) is 17.8. The molecule has 27 heavy (non-hydrogen) atoms. The van der Waals surface area contributed by atoms with Crippen LogP contribution in [0, 0.1) is 0 Å². The molecule has 3 rings (SSSR count). The van der Waals surface area contributed by atoms with E-state index in [-0.39, 0.29) is 5.91 Å². The summed E-state index contributed by atoms with van der Waals surface area (Å²) >= 11 is 12.0. The van der Waals surface area contributed by atoms with E-state index in [0.29, 0.717) is 29.2 Å². The van der Waals surface area contributed by atoms with Crippen LogP contribution in [0.5, 0.6) is 0 Å². The summed E-state index contributed by atoms with van der Waals surface area (Å²) < 4.78 is 0. The van der Waals surface area contributed by atoms with Crippen molar-refractivity contribution in [2.75, 3.05) is 59.9 Å². The highest BCUT2D eigenvalue weighted by atomic mass is 35.5. The summed E-state index contributed by atoms with van der Waals surface area (Å²) in [4.78, 5) is 21.7. The molecule has 0 radical (unpaired) electrons. The lowest BCUT2D eigenvalue weighted by molar-refractivity contribution is -0.132. The predicted octanol–water partition coefficient (Wildman–Crippen LogP) is 2.66. The third-order valence-corrected chi connectivity index (χ3v) is 6.45. The van der Waals surface area contributed by atoms with E-state index in [4.69, 9.17) is 23.2 Å². The van der Waals surface area contributed by atoms with Crippen molar-refractivity contribution in [2.24, 2.45) is 0 Å². The van der Waals surface area contributed by atoms with E-state index >= 15 is 0 Å². The lowest BCUT2D eigenvalue weighted by atomic mass is 10.0. The molecule has 150 valence electrons. The summed E-state index contributed by atoms with van der Waals surface area (Å²) in [5.74, 6) is 0.145. The average Bonchev–Trinajstić information content (AvgIpc) is 2.65. The second-order valence-electron chi connectivity index (χ2n) is 7.87. The Bertz CT molecular complexity index is 649. The van der Waals surface area contributed by atoms with Crippen LogP contribution < -0.4 is 0 Å². The number of hydrogen-bond donors (Lipinski definition) is 0. The molecule has 2 aliphatic heterocycles. The fraction of sp³-hybridized carbons (Fsp3) is 0.650. The molecule has 0 aromatic heterocycles. The summed E-state index contributed by atoms with van der Waals surface area (Å²) in [5.41, 5.74) is 0.992. The zero-order valence-electron chi connectivity index (χ0n) is 16.3.